The first-order valence-corrected chi connectivity index (χ1v) is 8.90. The van der Waals surface area contributed by atoms with Crippen molar-refractivity contribution >= 4 is 17.7 Å². The molecule has 6 nitrogen and oxygen atoms in total. The first kappa shape index (κ1) is 17.5. The minimum atomic E-state index is -0.264. The van der Waals surface area contributed by atoms with Gasteiger partial charge in [-0.3, -0.25) is 14.4 Å². The first-order chi connectivity index (χ1) is 12.0. The van der Waals surface area contributed by atoms with Crippen molar-refractivity contribution in [3.63, 3.8) is 0 Å². The van der Waals surface area contributed by atoms with E-state index in [0.29, 0.717) is 45.7 Å². The standard InChI is InChI=1S/C19H25N3O3/c1-15(23)20-8-5-9-21(11-10-20)19(25)17-12-18(24)22(14-17)13-16-6-3-2-4-7-16/h2-4,6-7,17H,5,8-14H2,1H3. The molecule has 0 radical (unpaired) electrons. The fraction of sp³-hybridized carbons (Fsp3) is 0.526. The van der Waals surface area contributed by atoms with Gasteiger partial charge in [0.15, 0.2) is 0 Å². The van der Waals surface area contributed by atoms with Crippen LogP contribution in [0.25, 0.3) is 0 Å². The lowest BCUT2D eigenvalue weighted by Gasteiger charge is -2.24. The maximum atomic E-state index is 12.8. The van der Waals surface area contributed by atoms with Crippen LogP contribution in [-0.2, 0) is 20.9 Å². The van der Waals surface area contributed by atoms with Crippen molar-refractivity contribution < 1.29 is 14.4 Å². The average Bonchev–Trinajstić information content (AvgIpc) is 2.82. The molecule has 2 aliphatic rings. The van der Waals surface area contributed by atoms with Gasteiger partial charge in [0.1, 0.15) is 0 Å². The van der Waals surface area contributed by atoms with Crippen molar-refractivity contribution in [2.75, 3.05) is 32.7 Å². The van der Waals surface area contributed by atoms with Gasteiger partial charge in [0.05, 0.1) is 5.92 Å². The minimum absolute atomic E-state index is 0.0439. The smallest absolute Gasteiger partial charge is 0.228 e. The van der Waals surface area contributed by atoms with Gasteiger partial charge in [0, 0.05) is 52.6 Å². The number of rotatable bonds is 3. The lowest BCUT2D eigenvalue weighted by atomic mass is 10.1. The highest BCUT2D eigenvalue weighted by atomic mass is 16.2. The third kappa shape index (κ3) is 4.18. The molecule has 0 aliphatic carbocycles. The van der Waals surface area contributed by atoms with E-state index in [0.717, 1.165) is 12.0 Å². The van der Waals surface area contributed by atoms with Crippen molar-refractivity contribution in [1.29, 1.82) is 0 Å². The Bertz CT molecular complexity index is 647. The number of nitrogens with zero attached hydrogens (tertiary/aromatic N) is 3. The van der Waals surface area contributed by atoms with E-state index >= 15 is 0 Å². The van der Waals surface area contributed by atoms with Crippen LogP contribution in [0.5, 0.6) is 0 Å². The number of likely N-dealkylation sites (tertiary alicyclic amines) is 1. The van der Waals surface area contributed by atoms with Crippen molar-refractivity contribution in [3.8, 4) is 0 Å². The highest BCUT2D eigenvalue weighted by molar-refractivity contribution is 5.89. The zero-order valence-electron chi connectivity index (χ0n) is 14.7. The molecule has 0 spiro atoms. The van der Waals surface area contributed by atoms with Gasteiger partial charge in [-0.05, 0) is 12.0 Å². The molecule has 1 aromatic carbocycles. The summed E-state index contributed by atoms with van der Waals surface area (Å²) in [7, 11) is 0. The molecular formula is C19H25N3O3. The third-order valence-corrected chi connectivity index (χ3v) is 5.03. The van der Waals surface area contributed by atoms with Crippen molar-refractivity contribution in [1.82, 2.24) is 14.7 Å². The zero-order chi connectivity index (χ0) is 17.8. The Morgan fingerprint density at radius 2 is 1.72 bits per heavy atom. The summed E-state index contributed by atoms with van der Waals surface area (Å²) in [5.74, 6) is -0.115. The van der Waals surface area contributed by atoms with Gasteiger partial charge in [-0.1, -0.05) is 30.3 Å². The molecular weight excluding hydrogens is 318 g/mol. The number of benzene rings is 1. The molecule has 134 valence electrons. The number of carbonyl (C=O) groups is 3. The van der Waals surface area contributed by atoms with E-state index in [1.54, 1.807) is 16.7 Å². The van der Waals surface area contributed by atoms with Gasteiger partial charge < -0.3 is 14.7 Å². The number of amides is 3. The normalized spacial score (nSPS) is 21.4. The third-order valence-electron chi connectivity index (χ3n) is 5.03. The fourth-order valence-electron chi connectivity index (χ4n) is 3.61. The van der Waals surface area contributed by atoms with E-state index in [2.05, 4.69) is 0 Å². The number of hydrogen-bond donors (Lipinski definition) is 0. The predicted octanol–water partition coefficient (Wildman–Crippen LogP) is 1.12. The molecule has 2 heterocycles. The van der Waals surface area contributed by atoms with Gasteiger partial charge in [-0.2, -0.15) is 0 Å². The van der Waals surface area contributed by atoms with Crippen LogP contribution in [0.3, 0.4) is 0 Å². The summed E-state index contributed by atoms with van der Waals surface area (Å²) >= 11 is 0. The van der Waals surface area contributed by atoms with E-state index in [9.17, 15) is 14.4 Å². The van der Waals surface area contributed by atoms with Crippen LogP contribution in [0.1, 0.15) is 25.3 Å². The Labute approximate surface area is 148 Å². The van der Waals surface area contributed by atoms with E-state index in [1.807, 2.05) is 35.2 Å². The number of carbonyl (C=O) groups excluding carboxylic acids is 3. The zero-order valence-corrected chi connectivity index (χ0v) is 14.7. The SMILES string of the molecule is CC(=O)N1CCCN(C(=O)C2CC(=O)N(Cc3ccccc3)C2)CC1. The van der Waals surface area contributed by atoms with Gasteiger partial charge in [0.2, 0.25) is 17.7 Å². The van der Waals surface area contributed by atoms with Gasteiger partial charge in [-0.25, -0.2) is 0 Å². The van der Waals surface area contributed by atoms with Crippen LogP contribution in [0.15, 0.2) is 30.3 Å². The van der Waals surface area contributed by atoms with Crippen LogP contribution < -0.4 is 0 Å². The van der Waals surface area contributed by atoms with Gasteiger partial charge in [0.25, 0.3) is 0 Å². The monoisotopic (exact) mass is 343 g/mol. The Hall–Kier alpha value is -2.37. The lowest BCUT2D eigenvalue weighted by Crippen LogP contribution is -2.40. The molecule has 1 atom stereocenters. The second-order valence-corrected chi connectivity index (χ2v) is 6.85. The second-order valence-electron chi connectivity index (χ2n) is 6.85. The molecule has 6 heteroatoms. The lowest BCUT2D eigenvalue weighted by molar-refractivity contribution is -0.136. The summed E-state index contributed by atoms with van der Waals surface area (Å²) < 4.78 is 0. The highest BCUT2D eigenvalue weighted by Crippen LogP contribution is 2.23. The molecule has 1 unspecified atom stereocenters. The summed E-state index contributed by atoms with van der Waals surface area (Å²) in [4.78, 5) is 42.0. The maximum absolute atomic E-state index is 12.8. The molecule has 2 fully saturated rings. The molecule has 25 heavy (non-hydrogen) atoms. The molecule has 2 saturated heterocycles. The molecule has 2 aliphatic heterocycles. The van der Waals surface area contributed by atoms with Gasteiger partial charge in [-0.15, -0.1) is 0 Å². The van der Waals surface area contributed by atoms with Crippen molar-refractivity contribution in [2.24, 2.45) is 5.92 Å². The quantitative estimate of drug-likeness (QED) is 0.826. The summed E-state index contributed by atoms with van der Waals surface area (Å²) in [6, 6.07) is 9.85. The molecule has 0 saturated carbocycles. The van der Waals surface area contributed by atoms with Gasteiger partial charge >= 0.3 is 0 Å². The fourth-order valence-corrected chi connectivity index (χ4v) is 3.61. The summed E-state index contributed by atoms with van der Waals surface area (Å²) in [6.07, 6.45) is 1.08. The Kier molecular flexibility index (Phi) is 5.36. The summed E-state index contributed by atoms with van der Waals surface area (Å²) in [6.45, 7) is 5.10. The van der Waals surface area contributed by atoms with E-state index in [1.165, 1.54) is 0 Å². The van der Waals surface area contributed by atoms with Crippen LogP contribution in [-0.4, -0.2) is 65.1 Å². The average molecular weight is 343 g/mol. The van der Waals surface area contributed by atoms with E-state index < -0.39 is 0 Å². The minimum Gasteiger partial charge on any atom is -0.341 e. The number of hydrogen-bond acceptors (Lipinski definition) is 3. The van der Waals surface area contributed by atoms with E-state index in [-0.39, 0.29) is 23.6 Å². The maximum Gasteiger partial charge on any atom is 0.228 e. The predicted molar refractivity (Wildman–Crippen MR) is 93.4 cm³/mol. The molecule has 1 aromatic rings. The highest BCUT2D eigenvalue weighted by Gasteiger charge is 2.36. The summed E-state index contributed by atoms with van der Waals surface area (Å²) in [5.41, 5.74) is 1.08. The van der Waals surface area contributed by atoms with Crippen molar-refractivity contribution in [3.05, 3.63) is 35.9 Å². The van der Waals surface area contributed by atoms with Crippen molar-refractivity contribution in [2.45, 2.75) is 26.3 Å². The second kappa shape index (κ2) is 7.68. The van der Waals surface area contributed by atoms with Crippen LogP contribution in [0, 0.1) is 5.92 Å². The molecule has 0 N–H and O–H groups in total. The molecule has 0 bridgehead atoms. The van der Waals surface area contributed by atoms with E-state index in [4.69, 9.17) is 0 Å². The van der Waals surface area contributed by atoms with Crippen LogP contribution >= 0.6 is 0 Å². The van der Waals surface area contributed by atoms with Crippen LogP contribution in [0.2, 0.25) is 0 Å². The Morgan fingerprint density at radius 1 is 1.04 bits per heavy atom. The Morgan fingerprint density at radius 3 is 2.44 bits per heavy atom. The Balaban J connectivity index is 1.58. The topological polar surface area (TPSA) is 60.9 Å². The van der Waals surface area contributed by atoms with Crippen LogP contribution in [0.4, 0.5) is 0 Å². The molecule has 0 aromatic heterocycles. The largest absolute Gasteiger partial charge is 0.341 e. The summed E-state index contributed by atoms with van der Waals surface area (Å²) in [5, 5.41) is 0. The molecule has 3 amide bonds. The molecule has 3 rings (SSSR count). The first-order valence-electron chi connectivity index (χ1n) is 8.90.